The SMILES string of the molecule is COc1c([N+](=O)[O-])cc(-c2cnn(C)c2)c(N2CCC(=O)CC2)c1F. The summed E-state index contributed by atoms with van der Waals surface area (Å²) in [6.45, 7) is 0.702. The number of ketones is 1. The Morgan fingerprint density at radius 3 is 2.56 bits per heavy atom. The van der Waals surface area contributed by atoms with Gasteiger partial charge >= 0.3 is 5.69 Å². The second-order valence-corrected chi connectivity index (χ2v) is 5.82. The van der Waals surface area contributed by atoms with Crippen molar-refractivity contribution in [3.8, 4) is 16.9 Å². The molecule has 1 aromatic carbocycles. The topological polar surface area (TPSA) is 90.5 Å². The number of hydrogen-bond acceptors (Lipinski definition) is 6. The number of nitro benzene ring substituents is 1. The van der Waals surface area contributed by atoms with E-state index >= 15 is 4.39 Å². The molecule has 9 heteroatoms. The van der Waals surface area contributed by atoms with Crippen molar-refractivity contribution in [2.75, 3.05) is 25.1 Å². The summed E-state index contributed by atoms with van der Waals surface area (Å²) in [6.07, 6.45) is 3.80. The largest absolute Gasteiger partial charge is 0.488 e. The molecule has 1 aromatic heterocycles. The zero-order valence-electron chi connectivity index (χ0n) is 13.9. The van der Waals surface area contributed by atoms with E-state index in [1.807, 2.05) is 0 Å². The van der Waals surface area contributed by atoms with E-state index in [4.69, 9.17) is 4.74 Å². The number of carbonyl (C=O) groups is 1. The fourth-order valence-corrected chi connectivity index (χ4v) is 3.01. The highest BCUT2D eigenvalue weighted by atomic mass is 19.1. The number of Topliss-reactive ketones (excluding diaryl/α,β-unsaturated/α-hetero) is 1. The van der Waals surface area contributed by atoms with Crippen molar-refractivity contribution >= 4 is 17.2 Å². The van der Waals surface area contributed by atoms with Crippen LogP contribution in [-0.4, -0.2) is 40.7 Å². The van der Waals surface area contributed by atoms with Crippen LogP contribution in [0.4, 0.5) is 15.8 Å². The molecule has 8 nitrogen and oxygen atoms in total. The van der Waals surface area contributed by atoms with Crippen molar-refractivity contribution in [2.24, 2.45) is 7.05 Å². The van der Waals surface area contributed by atoms with Gasteiger partial charge in [-0.15, -0.1) is 0 Å². The van der Waals surface area contributed by atoms with Gasteiger partial charge in [0.05, 0.1) is 23.9 Å². The van der Waals surface area contributed by atoms with Crippen molar-refractivity contribution < 1.29 is 18.8 Å². The molecule has 0 unspecified atom stereocenters. The Morgan fingerprint density at radius 1 is 1.36 bits per heavy atom. The molecule has 1 aliphatic heterocycles. The van der Waals surface area contributed by atoms with Crippen LogP contribution in [0.2, 0.25) is 0 Å². The second-order valence-electron chi connectivity index (χ2n) is 5.82. The Morgan fingerprint density at radius 2 is 2.04 bits per heavy atom. The van der Waals surface area contributed by atoms with Crippen LogP contribution in [-0.2, 0) is 11.8 Å². The maximum absolute atomic E-state index is 15.1. The molecule has 0 saturated carbocycles. The van der Waals surface area contributed by atoms with E-state index < -0.39 is 22.2 Å². The van der Waals surface area contributed by atoms with E-state index in [1.165, 1.54) is 24.1 Å². The molecule has 0 aliphatic carbocycles. The standard InChI is InChI=1S/C16H17FN4O4/c1-19-9-10(8-18-19)12-7-13(21(23)24)16(25-2)14(17)15(12)20-5-3-11(22)4-6-20/h7-9H,3-6H2,1-2H3. The zero-order valence-corrected chi connectivity index (χ0v) is 13.9. The Bertz CT molecular complexity index is 839. The molecule has 132 valence electrons. The Kier molecular flexibility index (Phi) is 4.39. The van der Waals surface area contributed by atoms with Gasteiger partial charge in [-0.3, -0.25) is 19.6 Å². The first-order valence-electron chi connectivity index (χ1n) is 7.73. The van der Waals surface area contributed by atoms with Crippen molar-refractivity contribution in [3.05, 3.63) is 34.4 Å². The summed E-state index contributed by atoms with van der Waals surface area (Å²) < 4.78 is 21.6. The molecular formula is C16H17FN4O4. The smallest absolute Gasteiger partial charge is 0.314 e. The minimum atomic E-state index is -0.801. The fraction of sp³-hybridized carbons (Fsp3) is 0.375. The molecule has 2 aromatic rings. The Balaban J connectivity index is 2.22. The summed E-state index contributed by atoms with van der Waals surface area (Å²) >= 11 is 0. The summed E-state index contributed by atoms with van der Waals surface area (Å²) in [5.74, 6) is -1.09. The summed E-state index contributed by atoms with van der Waals surface area (Å²) in [4.78, 5) is 23.9. The number of methoxy groups -OCH3 is 1. The molecule has 0 N–H and O–H groups in total. The lowest BCUT2D eigenvalue weighted by Crippen LogP contribution is -2.34. The Labute approximate surface area is 142 Å². The number of carbonyl (C=O) groups excluding carboxylic acids is 1. The first-order valence-corrected chi connectivity index (χ1v) is 7.73. The minimum Gasteiger partial charge on any atom is -0.488 e. The number of ether oxygens (including phenoxy) is 1. The quantitative estimate of drug-likeness (QED) is 0.622. The molecule has 25 heavy (non-hydrogen) atoms. The number of aryl methyl sites for hydroxylation is 1. The number of aromatic nitrogens is 2. The van der Waals surface area contributed by atoms with Crippen LogP contribution in [0, 0.1) is 15.9 Å². The van der Waals surface area contributed by atoms with Gasteiger partial charge in [0, 0.05) is 56.4 Å². The zero-order chi connectivity index (χ0) is 18.1. The number of nitrogens with zero attached hydrogens (tertiary/aromatic N) is 4. The second kappa shape index (κ2) is 6.50. The first kappa shape index (κ1) is 16.9. The maximum atomic E-state index is 15.1. The van der Waals surface area contributed by atoms with Gasteiger partial charge in [-0.05, 0) is 0 Å². The van der Waals surface area contributed by atoms with Gasteiger partial charge < -0.3 is 9.64 Å². The number of halogens is 1. The van der Waals surface area contributed by atoms with Crippen LogP contribution >= 0.6 is 0 Å². The van der Waals surface area contributed by atoms with Crippen molar-refractivity contribution in [1.29, 1.82) is 0 Å². The molecule has 1 fully saturated rings. The molecule has 0 spiro atoms. The number of benzene rings is 1. The van der Waals surface area contributed by atoms with E-state index in [1.54, 1.807) is 18.1 Å². The number of piperidine rings is 1. The molecule has 0 amide bonds. The van der Waals surface area contributed by atoms with Crippen LogP contribution in [0.25, 0.3) is 11.1 Å². The lowest BCUT2D eigenvalue weighted by atomic mass is 10.0. The van der Waals surface area contributed by atoms with E-state index in [0.717, 1.165) is 0 Å². The molecule has 1 aliphatic rings. The van der Waals surface area contributed by atoms with E-state index in [-0.39, 0.29) is 11.5 Å². The van der Waals surface area contributed by atoms with Crippen LogP contribution in [0.15, 0.2) is 18.5 Å². The highest BCUT2D eigenvalue weighted by molar-refractivity contribution is 5.86. The van der Waals surface area contributed by atoms with E-state index in [9.17, 15) is 14.9 Å². The average molecular weight is 348 g/mol. The van der Waals surface area contributed by atoms with Crippen molar-refractivity contribution in [1.82, 2.24) is 9.78 Å². The Hall–Kier alpha value is -2.97. The summed E-state index contributed by atoms with van der Waals surface area (Å²) in [5.41, 5.74) is 0.658. The van der Waals surface area contributed by atoms with Gasteiger partial charge in [-0.2, -0.15) is 5.10 Å². The monoisotopic (exact) mass is 348 g/mol. The molecule has 0 atom stereocenters. The highest BCUT2D eigenvalue weighted by Gasteiger charge is 2.31. The number of nitro groups is 1. The third-order valence-corrected chi connectivity index (χ3v) is 4.23. The summed E-state index contributed by atoms with van der Waals surface area (Å²) in [7, 11) is 2.90. The third kappa shape index (κ3) is 3.04. The van der Waals surface area contributed by atoms with Gasteiger partial charge in [-0.1, -0.05) is 0 Å². The molecule has 2 heterocycles. The van der Waals surface area contributed by atoms with Gasteiger partial charge in [0.1, 0.15) is 5.78 Å². The van der Waals surface area contributed by atoms with Crippen LogP contribution in [0.3, 0.4) is 0 Å². The average Bonchev–Trinajstić information content (AvgIpc) is 3.01. The summed E-state index contributed by atoms with van der Waals surface area (Å²) in [5, 5.41) is 15.4. The minimum absolute atomic E-state index is 0.119. The van der Waals surface area contributed by atoms with Crippen molar-refractivity contribution in [3.63, 3.8) is 0 Å². The maximum Gasteiger partial charge on any atom is 0.314 e. The number of rotatable bonds is 4. The lowest BCUT2D eigenvalue weighted by molar-refractivity contribution is -0.385. The predicted octanol–water partition coefficient (Wildman–Crippen LogP) is 2.31. The van der Waals surface area contributed by atoms with Gasteiger partial charge in [0.25, 0.3) is 0 Å². The molecule has 0 radical (unpaired) electrons. The first-order chi connectivity index (χ1) is 11.9. The predicted molar refractivity (Wildman–Crippen MR) is 88.3 cm³/mol. The van der Waals surface area contributed by atoms with Crippen LogP contribution in [0.1, 0.15) is 12.8 Å². The highest BCUT2D eigenvalue weighted by Crippen LogP contribution is 2.44. The number of hydrogen-bond donors (Lipinski definition) is 0. The molecule has 3 rings (SSSR count). The molecule has 0 bridgehead atoms. The van der Waals surface area contributed by atoms with E-state index in [0.29, 0.717) is 37.1 Å². The van der Waals surface area contributed by atoms with Crippen molar-refractivity contribution in [2.45, 2.75) is 12.8 Å². The fourth-order valence-electron chi connectivity index (χ4n) is 3.01. The van der Waals surface area contributed by atoms with E-state index in [2.05, 4.69) is 5.10 Å². The summed E-state index contributed by atoms with van der Waals surface area (Å²) in [6, 6.07) is 1.30. The lowest BCUT2D eigenvalue weighted by Gasteiger charge is -2.30. The number of anilines is 1. The van der Waals surface area contributed by atoms with Gasteiger partial charge in [0.2, 0.25) is 5.75 Å². The normalized spacial score (nSPS) is 14.7. The van der Waals surface area contributed by atoms with Gasteiger partial charge in [-0.25, -0.2) is 4.39 Å². The van der Waals surface area contributed by atoms with Gasteiger partial charge in [0.15, 0.2) is 5.82 Å². The van der Waals surface area contributed by atoms with Crippen LogP contribution < -0.4 is 9.64 Å². The third-order valence-electron chi connectivity index (χ3n) is 4.23. The van der Waals surface area contributed by atoms with Crippen LogP contribution in [0.5, 0.6) is 5.75 Å². The molecule has 1 saturated heterocycles. The molecular weight excluding hydrogens is 331 g/mol.